The summed E-state index contributed by atoms with van der Waals surface area (Å²) in [5.74, 6) is -0.394. The van der Waals surface area contributed by atoms with Crippen LogP contribution in [0.5, 0.6) is 0 Å². The summed E-state index contributed by atoms with van der Waals surface area (Å²) in [6.07, 6.45) is 1.41. The smallest absolute Gasteiger partial charge is 0.256 e. The quantitative estimate of drug-likeness (QED) is 0.642. The van der Waals surface area contributed by atoms with Crippen LogP contribution in [0.3, 0.4) is 0 Å². The van der Waals surface area contributed by atoms with Crippen LogP contribution < -0.4 is 16.5 Å². The van der Waals surface area contributed by atoms with Gasteiger partial charge in [-0.05, 0) is 13.8 Å². The van der Waals surface area contributed by atoms with Crippen molar-refractivity contribution in [2.75, 3.05) is 6.54 Å². The molecule has 0 spiro atoms. The molecule has 5 heteroatoms. The highest BCUT2D eigenvalue weighted by Crippen LogP contribution is 1.93. The van der Waals surface area contributed by atoms with E-state index in [4.69, 9.17) is 5.73 Å². The van der Waals surface area contributed by atoms with Crippen molar-refractivity contribution in [2.24, 2.45) is 5.73 Å². The standard InChI is InChI=1S/C10H15N3O2/c1-6-3-9(14)8(5-12-6)10(15)13-7(2)4-11/h3,5,7H,4,11H2,1-2H3,(H,12,14)(H,13,15)/t7-/m1/s1. The van der Waals surface area contributed by atoms with Gasteiger partial charge in [-0.2, -0.15) is 0 Å². The number of aromatic nitrogens is 1. The van der Waals surface area contributed by atoms with E-state index < -0.39 is 5.91 Å². The lowest BCUT2D eigenvalue weighted by Gasteiger charge is -2.10. The molecule has 0 aliphatic heterocycles. The van der Waals surface area contributed by atoms with E-state index in [-0.39, 0.29) is 17.0 Å². The predicted octanol–water partition coefficient (Wildman–Crippen LogP) is -0.240. The Bertz CT molecular complexity index is 411. The molecule has 1 amide bonds. The van der Waals surface area contributed by atoms with Crippen LogP contribution in [0.2, 0.25) is 0 Å². The fourth-order valence-electron chi connectivity index (χ4n) is 1.11. The summed E-state index contributed by atoms with van der Waals surface area (Å²) in [7, 11) is 0. The first-order valence-electron chi connectivity index (χ1n) is 4.75. The van der Waals surface area contributed by atoms with E-state index in [2.05, 4.69) is 10.3 Å². The van der Waals surface area contributed by atoms with Gasteiger partial charge in [0.15, 0.2) is 5.43 Å². The molecule has 5 nitrogen and oxygen atoms in total. The molecule has 0 aliphatic rings. The Hall–Kier alpha value is -1.62. The van der Waals surface area contributed by atoms with E-state index >= 15 is 0 Å². The third-order valence-electron chi connectivity index (χ3n) is 2.03. The molecular formula is C10H15N3O2. The van der Waals surface area contributed by atoms with Crippen molar-refractivity contribution < 1.29 is 4.79 Å². The van der Waals surface area contributed by atoms with E-state index in [0.717, 1.165) is 5.69 Å². The number of pyridine rings is 1. The molecule has 1 rings (SSSR count). The molecule has 1 atom stereocenters. The molecule has 15 heavy (non-hydrogen) atoms. The summed E-state index contributed by atoms with van der Waals surface area (Å²) in [6, 6.07) is 1.25. The molecule has 1 aromatic rings. The van der Waals surface area contributed by atoms with Crippen molar-refractivity contribution in [3.05, 3.63) is 33.7 Å². The number of rotatable bonds is 3. The first-order chi connectivity index (χ1) is 7.04. The zero-order valence-electron chi connectivity index (χ0n) is 8.83. The second-order valence-corrected chi connectivity index (χ2v) is 3.50. The van der Waals surface area contributed by atoms with E-state index in [9.17, 15) is 9.59 Å². The molecule has 0 aliphatic carbocycles. The van der Waals surface area contributed by atoms with Crippen molar-refractivity contribution in [1.82, 2.24) is 10.3 Å². The van der Waals surface area contributed by atoms with Crippen LogP contribution in [0.25, 0.3) is 0 Å². The van der Waals surface area contributed by atoms with Crippen LogP contribution in [0.1, 0.15) is 23.0 Å². The number of nitrogens with one attached hydrogen (secondary N) is 2. The summed E-state index contributed by atoms with van der Waals surface area (Å²) >= 11 is 0. The van der Waals surface area contributed by atoms with Crippen LogP contribution in [0, 0.1) is 6.92 Å². The van der Waals surface area contributed by atoms with Gasteiger partial charge in [0.2, 0.25) is 0 Å². The minimum absolute atomic E-state index is 0.112. The number of hydrogen-bond acceptors (Lipinski definition) is 3. The molecule has 0 saturated heterocycles. The normalized spacial score (nSPS) is 12.2. The highest BCUT2D eigenvalue weighted by atomic mass is 16.2. The number of carbonyl (C=O) groups is 1. The van der Waals surface area contributed by atoms with Crippen LogP contribution in [-0.2, 0) is 0 Å². The minimum atomic E-state index is -0.394. The predicted molar refractivity (Wildman–Crippen MR) is 57.8 cm³/mol. The summed E-state index contributed by atoms with van der Waals surface area (Å²) < 4.78 is 0. The number of nitrogens with two attached hydrogens (primary N) is 1. The Morgan fingerprint density at radius 2 is 2.33 bits per heavy atom. The Kier molecular flexibility index (Phi) is 3.62. The van der Waals surface area contributed by atoms with Crippen molar-refractivity contribution in [2.45, 2.75) is 19.9 Å². The third kappa shape index (κ3) is 2.92. The summed E-state index contributed by atoms with van der Waals surface area (Å²) in [5, 5.41) is 2.62. The molecule has 0 unspecified atom stereocenters. The van der Waals surface area contributed by atoms with Crippen molar-refractivity contribution >= 4 is 5.91 Å². The van der Waals surface area contributed by atoms with Gasteiger partial charge >= 0.3 is 0 Å². The van der Waals surface area contributed by atoms with E-state index in [1.807, 2.05) is 0 Å². The molecule has 4 N–H and O–H groups in total. The molecule has 0 radical (unpaired) electrons. The molecule has 82 valence electrons. The third-order valence-corrected chi connectivity index (χ3v) is 2.03. The lowest BCUT2D eigenvalue weighted by atomic mass is 10.2. The number of amides is 1. The maximum atomic E-state index is 11.6. The maximum Gasteiger partial charge on any atom is 0.256 e. The summed E-state index contributed by atoms with van der Waals surface area (Å²) in [5.41, 5.74) is 5.91. The second-order valence-electron chi connectivity index (χ2n) is 3.50. The Balaban J connectivity index is 2.88. The molecule has 1 heterocycles. The number of aromatic amines is 1. The Morgan fingerprint density at radius 3 is 2.87 bits per heavy atom. The lowest BCUT2D eigenvalue weighted by molar-refractivity contribution is 0.0940. The lowest BCUT2D eigenvalue weighted by Crippen LogP contribution is -2.39. The van der Waals surface area contributed by atoms with E-state index in [1.165, 1.54) is 12.3 Å². The van der Waals surface area contributed by atoms with Crippen LogP contribution in [0.15, 0.2) is 17.1 Å². The van der Waals surface area contributed by atoms with Crippen molar-refractivity contribution in [3.8, 4) is 0 Å². The van der Waals surface area contributed by atoms with Gasteiger partial charge < -0.3 is 16.0 Å². The minimum Gasteiger partial charge on any atom is -0.364 e. The van der Waals surface area contributed by atoms with Gasteiger partial charge in [-0.3, -0.25) is 9.59 Å². The summed E-state index contributed by atoms with van der Waals surface area (Å²) in [6.45, 7) is 3.88. The summed E-state index contributed by atoms with van der Waals surface area (Å²) in [4.78, 5) is 25.8. The topological polar surface area (TPSA) is 88.0 Å². The number of hydrogen-bond donors (Lipinski definition) is 3. The fourth-order valence-corrected chi connectivity index (χ4v) is 1.11. The number of aryl methyl sites for hydroxylation is 1. The van der Waals surface area contributed by atoms with Crippen LogP contribution in [-0.4, -0.2) is 23.5 Å². The Labute approximate surface area is 87.7 Å². The fraction of sp³-hybridized carbons (Fsp3) is 0.400. The van der Waals surface area contributed by atoms with Crippen molar-refractivity contribution in [3.63, 3.8) is 0 Å². The first-order valence-corrected chi connectivity index (χ1v) is 4.75. The molecule has 0 fully saturated rings. The molecule has 0 saturated carbocycles. The van der Waals surface area contributed by atoms with E-state index in [0.29, 0.717) is 6.54 Å². The van der Waals surface area contributed by atoms with Gasteiger partial charge in [0.1, 0.15) is 5.56 Å². The zero-order chi connectivity index (χ0) is 11.4. The average molecular weight is 209 g/mol. The largest absolute Gasteiger partial charge is 0.364 e. The van der Waals surface area contributed by atoms with Crippen LogP contribution in [0.4, 0.5) is 0 Å². The molecule has 1 aromatic heterocycles. The maximum absolute atomic E-state index is 11.6. The molecule has 0 bridgehead atoms. The van der Waals surface area contributed by atoms with Gasteiger partial charge in [-0.15, -0.1) is 0 Å². The van der Waals surface area contributed by atoms with Gasteiger partial charge in [-0.25, -0.2) is 0 Å². The highest BCUT2D eigenvalue weighted by Gasteiger charge is 2.11. The van der Waals surface area contributed by atoms with Gasteiger partial charge in [-0.1, -0.05) is 0 Å². The Morgan fingerprint density at radius 1 is 1.67 bits per heavy atom. The number of H-pyrrole nitrogens is 1. The average Bonchev–Trinajstić information content (AvgIpc) is 2.17. The molecule has 0 aromatic carbocycles. The first kappa shape index (κ1) is 11.5. The van der Waals surface area contributed by atoms with Crippen LogP contribution >= 0.6 is 0 Å². The van der Waals surface area contributed by atoms with Gasteiger partial charge in [0.25, 0.3) is 5.91 Å². The van der Waals surface area contributed by atoms with E-state index in [1.54, 1.807) is 13.8 Å². The second kappa shape index (κ2) is 4.75. The van der Waals surface area contributed by atoms with Gasteiger partial charge in [0, 0.05) is 30.5 Å². The molecular weight excluding hydrogens is 194 g/mol. The zero-order valence-corrected chi connectivity index (χ0v) is 8.83. The van der Waals surface area contributed by atoms with Gasteiger partial charge in [0.05, 0.1) is 0 Å². The highest BCUT2D eigenvalue weighted by molar-refractivity contribution is 5.93. The van der Waals surface area contributed by atoms with Crippen molar-refractivity contribution in [1.29, 1.82) is 0 Å². The monoisotopic (exact) mass is 209 g/mol. The number of carbonyl (C=O) groups excluding carboxylic acids is 1. The SMILES string of the molecule is Cc1cc(=O)c(C(=O)N[C@H](C)CN)c[nH]1.